The molecule has 0 saturated heterocycles. The van der Waals surface area contributed by atoms with Crippen LogP contribution in [-0.2, 0) is 6.61 Å². The summed E-state index contributed by atoms with van der Waals surface area (Å²) in [5.41, 5.74) is 1.41. The van der Waals surface area contributed by atoms with Crippen molar-refractivity contribution >= 4 is 11.0 Å². The number of benzene rings is 1. The van der Waals surface area contributed by atoms with Gasteiger partial charge in [-0.2, -0.15) is 0 Å². The van der Waals surface area contributed by atoms with Crippen LogP contribution in [0.1, 0.15) is 24.4 Å². The fourth-order valence-electron chi connectivity index (χ4n) is 1.55. The summed E-state index contributed by atoms with van der Waals surface area (Å²) in [6, 6.07) is 7.35. The van der Waals surface area contributed by atoms with Gasteiger partial charge in [0.1, 0.15) is 18.0 Å². The molecule has 3 heteroatoms. The monoisotopic (exact) mass is 192 g/mol. The Kier molecular flexibility index (Phi) is 2.27. The third-order valence-electron chi connectivity index (χ3n) is 2.23. The van der Waals surface area contributed by atoms with Gasteiger partial charge >= 0.3 is 0 Å². The van der Waals surface area contributed by atoms with Crippen molar-refractivity contribution in [3.05, 3.63) is 35.6 Å². The molecule has 1 aromatic carbocycles. The molecule has 1 atom stereocenters. The maximum absolute atomic E-state index is 9.48. The molecule has 14 heavy (non-hydrogen) atoms. The Morgan fingerprint density at radius 2 is 2.21 bits per heavy atom. The van der Waals surface area contributed by atoms with Crippen LogP contribution in [0.25, 0.3) is 11.0 Å². The van der Waals surface area contributed by atoms with E-state index < -0.39 is 6.10 Å². The normalized spacial score (nSPS) is 13.4. The van der Waals surface area contributed by atoms with E-state index in [9.17, 15) is 5.11 Å². The van der Waals surface area contributed by atoms with Gasteiger partial charge in [0.05, 0.1) is 6.10 Å². The van der Waals surface area contributed by atoms with E-state index in [1.165, 1.54) is 0 Å². The molecule has 0 spiro atoms. The average molecular weight is 192 g/mol. The minimum absolute atomic E-state index is 0.117. The molecular weight excluding hydrogens is 180 g/mol. The van der Waals surface area contributed by atoms with Gasteiger partial charge < -0.3 is 14.6 Å². The number of para-hydroxylation sites is 1. The summed E-state index contributed by atoms with van der Waals surface area (Å²) in [4.78, 5) is 0. The molecule has 2 aromatic rings. The summed E-state index contributed by atoms with van der Waals surface area (Å²) >= 11 is 0. The van der Waals surface area contributed by atoms with Crippen LogP contribution in [0.4, 0.5) is 0 Å². The fourth-order valence-corrected chi connectivity index (χ4v) is 1.55. The third kappa shape index (κ3) is 1.41. The zero-order valence-electron chi connectivity index (χ0n) is 7.90. The van der Waals surface area contributed by atoms with Crippen LogP contribution >= 0.6 is 0 Å². The van der Waals surface area contributed by atoms with Crippen molar-refractivity contribution in [2.24, 2.45) is 0 Å². The molecule has 74 valence electrons. The molecule has 0 unspecified atom stereocenters. The second kappa shape index (κ2) is 3.44. The molecule has 0 aliphatic heterocycles. The number of hydrogen-bond donors (Lipinski definition) is 2. The average Bonchev–Trinajstić information content (AvgIpc) is 2.59. The van der Waals surface area contributed by atoms with Gasteiger partial charge in [0, 0.05) is 10.9 Å². The Bertz CT molecular complexity index is 443. The summed E-state index contributed by atoms with van der Waals surface area (Å²) in [6.07, 6.45) is -0.559. The van der Waals surface area contributed by atoms with Crippen molar-refractivity contribution in [1.82, 2.24) is 0 Å². The fraction of sp³-hybridized carbons (Fsp3) is 0.273. The van der Waals surface area contributed by atoms with Crippen LogP contribution in [0.3, 0.4) is 0 Å². The van der Waals surface area contributed by atoms with E-state index in [2.05, 4.69) is 0 Å². The highest BCUT2D eigenvalue weighted by atomic mass is 16.4. The van der Waals surface area contributed by atoms with Gasteiger partial charge in [0.15, 0.2) is 0 Å². The lowest BCUT2D eigenvalue weighted by Gasteiger charge is -2.03. The highest BCUT2D eigenvalue weighted by Crippen LogP contribution is 2.27. The van der Waals surface area contributed by atoms with Crippen molar-refractivity contribution in [2.75, 3.05) is 0 Å². The maximum atomic E-state index is 9.48. The summed E-state index contributed by atoms with van der Waals surface area (Å²) < 4.78 is 5.40. The predicted octanol–water partition coefficient (Wildman–Crippen LogP) is 1.98. The molecule has 0 fully saturated rings. The first kappa shape index (κ1) is 9.24. The van der Waals surface area contributed by atoms with Gasteiger partial charge in [0.2, 0.25) is 0 Å². The van der Waals surface area contributed by atoms with E-state index in [0.29, 0.717) is 11.3 Å². The first-order chi connectivity index (χ1) is 6.72. The lowest BCUT2D eigenvalue weighted by atomic mass is 10.1. The van der Waals surface area contributed by atoms with Gasteiger partial charge in [-0.05, 0) is 13.0 Å². The van der Waals surface area contributed by atoms with Crippen LogP contribution in [0.15, 0.2) is 28.7 Å². The van der Waals surface area contributed by atoms with Crippen molar-refractivity contribution in [2.45, 2.75) is 19.6 Å². The smallest absolute Gasteiger partial charge is 0.140 e. The van der Waals surface area contributed by atoms with Gasteiger partial charge in [-0.15, -0.1) is 0 Å². The van der Waals surface area contributed by atoms with E-state index >= 15 is 0 Å². The number of furan rings is 1. The van der Waals surface area contributed by atoms with E-state index in [1.54, 1.807) is 13.0 Å². The Balaban J connectivity index is 2.66. The molecule has 0 aliphatic carbocycles. The molecule has 1 aromatic heterocycles. The summed E-state index contributed by atoms with van der Waals surface area (Å²) in [5, 5.41) is 19.3. The highest BCUT2D eigenvalue weighted by molar-refractivity contribution is 5.81. The Morgan fingerprint density at radius 3 is 2.86 bits per heavy atom. The Labute approximate surface area is 81.6 Å². The zero-order chi connectivity index (χ0) is 10.1. The van der Waals surface area contributed by atoms with Crippen LogP contribution < -0.4 is 0 Å². The molecule has 0 bridgehead atoms. The highest BCUT2D eigenvalue weighted by Gasteiger charge is 2.10. The first-order valence-electron chi connectivity index (χ1n) is 4.52. The van der Waals surface area contributed by atoms with Crippen molar-refractivity contribution in [3.63, 3.8) is 0 Å². The van der Waals surface area contributed by atoms with E-state index in [4.69, 9.17) is 9.52 Å². The number of aliphatic hydroxyl groups is 2. The SMILES string of the molecule is C[C@@H](O)c1cccc2cc(CO)oc12. The molecule has 0 aliphatic rings. The predicted molar refractivity (Wildman–Crippen MR) is 52.8 cm³/mol. The van der Waals surface area contributed by atoms with E-state index in [0.717, 1.165) is 10.9 Å². The second-order valence-corrected chi connectivity index (χ2v) is 3.31. The lowest BCUT2D eigenvalue weighted by Crippen LogP contribution is -1.90. The number of hydrogen-bond acceptors (Lipinski definition) is 3. The minimum Gasteiger partial charge on any atom is -0.458 e. The standard InChI is InChI=1S/C11H12O3/c1-7(13)10-4-2-3-8-5-9(6-12)14-11(8)10/h2-5,7,12-13H,6H2,1H3/t7-/m1/s1. The quantitative estimate of drug-likeness (QED) is 0.764. The van der Waals surface area contributed by atoms with E-state index in [1.807, 2.05) is 18.2 Å². The number of rotatable bonds is 2. The number of fused-ring (bicyclic) bond motifs is 1. The van der Waals surface area contributed by atoms with Crippen molar-refractivity contribution in [3.8, 4) is 0 Å². The van der Waals surface area contributed by atoms with Crippen LogP contribution in [0, 0.1) is 0 Å². The second-order valence-electron chi connectivity index (χ2n) is 3.31. The summed E-state index contributed by atoms with van der Waals surface area (Å²) in [7, 11) is 0. The van der Waals surface area contributed by atoms with Crippen molar-refractivity contribution < 1.29 is 14.6 Å². The molecule has 0 saturated carbocycles. The van der Waals surface area contributed by atoms with Gasteiger partial charge in [0.25, 0.3) is 0 Å². The molecule has 1 heterocycles. The van der Waals surface area contributed by atoms with Gasteiger partial charge in [-0.25, -0.2) is 0 Å². The number of aliphatic hydroxyl groups excluding tert-OH is 2. The molecule has 3 nitrogen and oxygen atoms in total. The molecule has 2 N–H and O–H groups in total. The third-order valence-corrected chi connectivity index (χ3v) is 2.23. The topological polar surface area (TPSA) is 53.6 Å². The van der Waals surface area contributed by atoms with Crippen LogP contribution in [0.2, 0.25) is 0 Å². The molecule has 2 rings (SSSR count). The van der Waals surface area contributed by atoms with Gasteiger partial charge in [-0.1, -0.05) is 18.2 Å². The first-order valence-corrected chi connectivity index (χ1v) is 4.52. The molecule has 0 amide bonds. The summed E-state index contributed by atoms with van der Waals surface area (Å²) in [6.45, 7) is 1.57. The Hall–Kier alpha value is -1.32. The molecular formula is C11H12O3. The van der Waals surface area contributed by atoms with Crippen LogP contribution in [-0.4, -0.2) is 10.2 Å². The zero-order valence-corrected chi connectivity index (χ0v) is 7.90. The summed E-state index contributed by atoms with van der Waals surface area (Å²) in [5.74, 6) is 0.521. The van der Waals surface area contributed by atoms with Crippen molar-refractivity contribution in [1.29, 1.82) is 0 Å². The largest absolute Gasteiger partial charge is 0.458 e. The van der Waals surface area contributed by atoms with Crippen LogP contribution in [0.5, 0.6) is 0 Å². The van der Waals surface area contributed by atoms with Gasteiger partial charge in [-0.3, -0.25) is 0 Å². The lowest BCUT2D eigenvalue weighted by molar-refractivity contribution is 0.198. The Morgan fingerprint density at radius 1 is 1.43 bits per heavy atom. The van der Waals surface area contributed by atoms with E-state index in [-0.39, 0.29) is 6.61 Å². The molecule has 0 radical (unpaired) electrons. The minimum atomic E-state index is -0.559. The maximum Gasteiger partial charge on any atom is 0.140 e.